The number of aromatic nitrogens is 1. The molecule has 98 valence electrons. The van der Waals surface area contributed by atoms with Crippen molar-refractivity contribution in [3.63, 3.8) is 0 Å². The molecular weight excluding hydrogens is 264 g/mol. The molecule has 0 saturated carbocycles. The van der Waals surface area contributed by atoms with E-state index >= 15 is 0 Å². The molecule has 0 unspecified atom stereocenters. The van der Waals surface area contributed by atoms with Crippen LogP contribution >= 0.6 is 11.6 Å². The van der Waals surface area contributed by atoms with Crippen LogP contribution in [0.1, 0.15) is 10.4 Å². The Bertz CT molecular complexity index is 529. The summed E-state index contributed by atoms with van der Waals surface area (Å²) in [5, 5.41) is 3.41. The Morgan fingerprint density at radius 1 is 1.26 bits per heavy atom. The maximum atomic E-state index is 11.7. The van der Waals surface area contributed by atoms with Gasteiger partial charge in [0.05, 0.1) is 12.1 Å². The van der Waals surface area contributed by atoms with Gasteiger partial charge in [-0.15, -0.1) is 0 Å². The summed E-state index contributed by atoms with van der Waals surface area (Å²) in [6.07, 6.45) is 3.15. The topological polar surface area (TPSA) is 51.2 Å². The van der Waals surface area contributed by atoms with E-state index in [9.17, 15) is 4.79 Å². The number of hydrogen-bond donors (Lipinski definition) is 1. The van der Waals surface area contributed by atoms with Crippen LogP contribution in [0.2, 0.25) is 5.02 Å². The molecule has 0 aliphatic carbocycles. The van der Waals surface area contributed by atoms with Crippen molar-refractivity contribution in [3.8, 4) is 5.75 Å². The van der Waals surface area contributed by atoms with Crippen molar-refractivity contribution in [2.24, 2.45) is 0 Å². The Hall–Kier alpha value is -2.07. The number of carbonyl (C=O) groups excluding carboxylic acids is 1. The van der Waals surface area contributed by atoms with Gasteiger partial charge in [-0.25, -0.2) is 0 Å². The standard InChI is InChI=1S/C14H13ClN2O2/c15-12-3-5-13(6-4-12)19-9-8-17-14(18)11-2-1-7-16-10-11/h1-7,10H,8-9H2,(H,17,18). The van der Waals surface area contributed by atoms with Crippen molar-refractivity contribution in [1.82, 2.24) is 10.3 Å². The van der Waals surface area contributed by atoms with E-state index in [1.54, 1.807) is 42.6 Å². The Morgan fingerprint density at radius 3 is 2.74 bits per heavy atom. The molecule has 0 saturated heterocycles. The number of pyridine rings is 1. The zero-order valence-electron chi connectivity index (χ0n) is 10.2. The first-order chi connectivity index (χ1) is 9.25. The van der Waals surface area contributed by atoms with E-state index in [-0.39, 0.29) is 5.91 Å². The molecule has 1 amide bonds. The fourth-order valence-electron chi connectivity index (χ4n) is 1.46. The van der Waals surface area contributed by atoms with E-state index in [0.717, 1.165) is 5.75 Å². The number of benzene rings is 1. The van der Waals surface area contributed by atoms with Gasteiger partial charge in [0.1, 0.15) is 12.4 Å². The minimum atomic E-state index is -0.159. The van der Waals surface area contributed by atoms with Gasteiger partial charge in [0.25, 0.3) is 5.91 Å². The summed E-state index contributed by atoms with van der Waals surface area (Å²) < 4.78 is 5.46. The summed E-state index contributed by atoms with van der Waals surface area (Å²) in [4.78, 5) is 15.6. The van der Waals surface area contributed by atoms with Gasteiger partial charge in [-0.3, -0.25) is 9.78 Å². The molecule has 0 atom stereocenters. The molecule has 0 aliphatic heterocycles. The molecule has 1 N–H and O–H groups in total. The number of nitrogens with one attached hydrogen (secondary N) is 1. The van der Waals surface area contributed by atoms with E-state index in [4.69, 9.17) is 16.3 Å². The highest BCUT2D eigenvalue weighted by atomic mass is 35.5. The van der Waals surface area contributed by atoms with Crippen LogP contribution in [0.25, 0.3) is 0 Å². The van der Waals surface area contributed by atoms with Crippen molar-refractivity contribution in [3.05, 3.63) is 59.4 Å². The first-order valence-corrected chi connectivity index (χ1v) is 6.20. The first kappa shape index (κ1) is 13.4. The van der Waals surface area contributed by atoms with E-state index in [1.807, 2.05) is 0 Å². The number of nitrogens with zero attached hydrogens (tertiary/aromatic N) is 1. The molecule has 5 heteroatoms. The van der Waals surface area contributed by atoms with Gasteiger partial charge in [0.2, 0.25) is 0 Å². The molecule has 0 radical (unpaired) electrons. The van der Waals surface area contributed by atoms with Crippen LogP contribution in [0, 0.1) is 0 Å². The minimum Gasteiger partial charge on any atom is -0.492 e. The predicted molar refractivity (Wildman–Crippen MR) is 73.5 cm³/mol. The number of hydrogen-bond acceptors (Lipinski definition) is 3. The van der Waals surface area contributed by atoms with Crippen LogP contribution in [-0.4, -0.2) is 24.0 Å². The van der Waals surface area contributed by atoms with Gasteiger partial charge in [0, 0.05) is 17.4 Å². The zero-order chi connectivity index (χ0) is 13.5. The van der Waals surface area contributed by atoms with Crippen LogP contribution in [0.3, 0.4) is 0 Å². The first-order valence-electron chi connectivity index (χ1n) is 5.82. The Balaban J connectivity index is 1.72. The summed E-state index contributed by atoms with van der Waals surface area (Å²) in [5.41, 5.74) is 0.536. The molecule has 0 fully saturated rings. The third-order valence-corrected chi connectivity index (χ3v) is 2.65. The van der Waals surface area contributed by atoms with Gasteiger partial charge in [0.15, 0.2) is 0 Å². The molecule has 0 aliphatic rings. The van der Waals surface area contributed by atoms with Gasteiger partial charge < -0.3 is 10.1 Å². The summed E-state index contributed by atoms with van der Waals surface area (Å²) in [6, 6.07) is 10.5. The van der Waals surface area contributed by atoms with Crippen molar-refractivity contribution in [2.45, 2.75) is 0 Å². The fraction of sp³-hybridized carbons (Fsp3) is 0.143. The second kappa shape index (κ2) is 6.75. The van der Waals surface area contributed by atoms with E-state index in [1.165, 1.54) is 6.20 Å². The van der Waals surface area contributed by atoms with Gasteiger partial charge in [-0.05, 0) is 36.4 Å². The molecule has 0 bridgehead atoms. The van der Waals surface area contributed by atoms with Crippen LogP contribution in [0.15, 0.2) is 48.8 Å². The fourth-order valence-corrected chi connectivity index (χ4v) is 1.59. The van der Waals surface area contributed by atoms with Gasteiger partial charge in [-0.2, -0.15) is 0 Å². The van der Waals surface area contributed by atoms with Gasteiger partial charge >= 0.3 is 0 Å². The zero-order valence-corrected chi connectivity index (χ0v) is 10.9. The third-order valence-electron chi connectivity index (χ3n) is 2.39. The number of ether oxygens (including phenoxy) is 1. The SMILES string of the molecule is O=C(NCCOc1ccc(Cl)cc1)c1cccnc1. The minimum absolute atomic E-state index is 0.159. The molecule has 4 nitrogen and oxygen atoms in total. The van der Waals surface area contributed by atoms with Crippen LogP contribution in [-0.2, 0) is 0 Å². The molecule has 0 spiro atoms. The highest BCUT2D eigenvalue weighted by Gasteiger charge is 2.03. The Morgan fingerprint density at radius 2 is 2.05 bits per heavy atom. The maximum absolute atomic E-state index is 11.7. The number of halogens is 1. The van der Waals surface area contributed by atoms with E-state index in [0.29, 0.717) is 23.7 Å². The molecular formula is C14H13ClN2O2. The van der Waals surface area contributed by atoms with Gasteiger partial charge in [-0.1, -0.05) is 11.6 Å². The molecule has 1 aromatic carbocycles. The summed E-state index contributed by atoms with van der Waals surface area (Å²) in [7, 11) is 0. The largest absolute Gasteiger partial charge is 0.492 e. The van der Waals surface area contributed by atoms with Crippen molar-refractivity contribution in [2.75, 3.05) is 13.2 Å². The Labute approximate surface area is 116 Å². The lowest BCUT2D eigenvalue weighted by atomic mass is 10.3. The summed E-state index contributed by atoms with van der Waals surface area (Å²) >= 11 is 5.76. The van der Waals surface area contributed by atoms with Crippen molar-refractivity contribution in [1.29, 1.82) is 0 Å². The quantitative estimate of drug-likeness (QED) is 0.854. The third kappa shape index (κ3) is 4.26. The molecule has 2 rings (SSSR count). The lowest BCUT2D eigenvalue weighted by molar-refractivity contribution is 0.0946. The molecule has 19 heavy (non-hydrogen) atoms. The lowest BCUT2D eigenvalue weighted by Crippen LogP contribution is -2.28. The normalized spacial score (nSPS) is 9.95. The highest BCUT2D eigenvalue weighted by molar-refractivity contribution is 6.30. The molecule has 2 aromatic rings. The second-order valence-corrected chi connectivity index (χ2v) is 4.24. The number of rotatable bonds is 5. The lowest BCUT2D eigenvalue weighted by Gasteiger charge is -2.07. The van der Waals surface area contributed by atoms with Crippen LogP contribution in [0.4, 0.5) is 0 Å². The van der Waals surface area contributed by atoms with Crippen LogP contribution < -0.4 is 10.1 Å². The summed E-state index contributed by atoms with van der Waals surface area (Å²) in [6.45, 7) is 0.823. The van der Waals surface area contributed by atoms with Crippen molar-refractivity contribution >= 4 is 17.5 Å². The van der Waals surface area contributed by atoms with Crippen molar-refractivity contribution < 1.29 is 9.53 Å². The predicted octanol–water partition coefficient (Wildman–Crippen LogP) is 2.54. The van der Waals surface area contributed by atoms with E-state index < -0.39 is 0 Å². The average molecular weight is 277 g/mol. The Kier molecular flexibility index (Phi) is 4.75. The van der Waals surface area contributed by atoms with Crippen LogP contribution in [0.5, 0.6) is 5.75 Å². The highest BCUT2D eigenvalue weighted by Crippen LogP contribution is 2.15. The number of amides is 1. The number of carbonyl (C=O) groups is 1. The monoisotopic (exact) mass is 276 g/mol. The second-order valence-electron chi connectivity index (χ2n) is 3.80. The maximum Gasteiger partial charge on any atom is 0.252 e. The molecule has 1 heterocycles. The smallest absolute Gasteiger partial charge is 0.252 e. The molecule has 1 aromatic heterocycles. The summed E-state index contributed by atoms with van der Waals surface area (Å²) in [5.74, 6) is 0.563. The average Bonchev–Trinajstić information content (AvgIpc) is 2.46. The van der Waals surface area contributed by atoms with E-state index in [2.05, 4.69) is 10.3 Å².